The van der Waals surface area contributed by atoms with Gasteiger partial charge < -0.3 is 14.5 Å². The molecule has 2 aromatic rings. The van der Waals surface area contributed by atoms with Gasteiger partial charge in [-0.25, -0.2) is 4.79 Å². The molecule has 3 rings (SSSR count). The number of ether oxygens (including phenoxy) is 1. The first kappa shape index (κ1) is 21.5. The van der Waals surface area contributed by atoms with Gasteiger partial charge in [0.1, 0.15) is 5.02 Å². The zero-order chi connectivity index (χ0) is 21.0. The number of carbonyl (C=O) groups is 1. The van der Waals surface area contributed by atoms with Crippen LogP contribution in [0, 0.1) is 5.92 Å². The van der Waals surface area contributed by atoms with Crippen LogP contribution in [0.1, 0.15) is 20.3 Å². The van der Waals surface area contributed by atoms with Crippen molar-refractivity contribution in [3.63, 3.8) is 0 Å². The van der Waals surface area contributed by atoms with Crippen LogP contribution in [0.3, 0.4) is 0 Å². The Bertz CT molecular complexity index is 915. The van der Waals surface area contributed by atoms with Crippen LogP contribution in [-0.4, -0.2) is 53.6 Å². The summed E-state index contributed by atoms with van der Waals surface area (Å²) in [5.41, 5.74) is 0.756. The Hall–Kier alpha value is -2.25. The highest BCUT2D eigenvalue weighted by Crippen LogP contribution is 2.23. The highest BCUT2D eigenvalue weighted by atomic mass is 35.5. The third kappa shape index (κ3) is 5.22. The average Bonchev–Trinajstić information content (AvgIpc) is 2.95. The summed E-state index contributed by atoms with van der Waals surface area (Å²) in [5.74, 6) is 0.291. The molecule has 0 atom stereocenters. The van der Waals surface area contributed by atoms with Crippen LogP contribution >= 0.6 is 23.2 Å². The van der Waals surface area contributed by atoms with Gasteiger partial charge in [0.15, 0.2) is 0 Å². The second-order valence-electron chi connectivity index (χ2n) is 7.34. The first-order chi connectivity index (χ1) is 13.9. The number of hydrogen-bond donors (Lipinski definition) is 0. The Morgan fingerprint density at radius 2 is 1.86 bits per heavy atom. The topological polar surface area (TPSA) is 67.7 Å². The summed E-state index contributed by atoms with van der Waals surface area (Å²) in [6.07, 6.45) is 2.03. The van der Waals surface area contributed by atoms with E-state index in [9.17, 15) is 9.59 Å². The van der Waals surface area contributed by atoms with Crippen molar-refractivity contribution in [1.29, 1.82) is 0 Å². The molecule has 9 heteroatoms. The summed E-state index contributed by atoms with van der Waals surface area (Å²) in [7, 11) is 0. The monoisotopic (exact) mass is 438 g/mol. The Balaban J connectivity index is 1.74. The van der Waals surface area contributed by atoms with Gasteiger partial charge in [0.05, 0.1) is 24.2 Å². The van der Waals surface area contributed by atoms with Crippen molar-refractivity contribution >= 4 is 35.0 Å². The van der Waals surface area contributed by atoms with Crippen molar-refractivity contribution in [3.05, 3.63) is 50.9 Å². The number of benzene rings is 1. The third-order valence-corrected chi connectivity index (χ3v) is 5.21. The Labute approximate surface area is 179 Å². The molecule has 0 spiro atoms. The number of rotatable bonds is 4. The largest absolute Gasteiger partial charge is 0.449 e. The number of carbonyl (C=O) groups excluding carboxylic acids is 1. The first-order valence-electron chi connectivity index (χ1n) is 9.57. The van der Waals surface area contributed by atoms with Gasteiger partial charge in [0, 0.05) is 31.2 Å². The molecule has 1 aliphatic heterocycles. The SMILES string of the molecule is CC(C)COC(=O)N1CCCN(c2cnn(-c3ccc(Cl)cc3)c(=O)c2Cl)CC1. The summed E-state index contributed by atoms with van der Waals surface area (Å²) < 4.78 is 6.57. The molecular weight excluding hydrogens is 415 g/mol. The van der Waals surface area contributed by atoms with E-state index in [0.29, 0.717) is 55.1 Å². The van der Waals surface area contributed by atoms with Crippen molar-refractivity contribution in [2.45, 2.75) is 20.3 Å². The molecule has 1 aromatic carbocycles. The van der Waals surface area contributed by atoms with E-state index in [0.717, 1.165) is 6.42 Å². The Kier molecular flexibility index (Phi) is 7.03. The quantitative estimate of drug-likeness (QED) is 0.724. The number of anilines is 1. The van der Waals surface area contributed by atoms with E-state index in [1.807, 2.05) is 18.7 Å². The van der Waals surface area contributed by atoms with Gasteiger partial charge in [-0.3, -0.25) is 4.79 Å². The van der Waals surface area contributed by atoms with Crippen molar-refractivity contribution in [3.8, 4) is 5.69 Å². The minimum atomic E-state index is -0.399. The van der Waals surface area contributed by atoms with Crippen LogP contribution in [0.25, 0.3) is 5.69 Å². The minimum absolute atomic E-state index is 0.103. The minimum Gasteiger partial charge on any atom is -0.449 e. The zero-order valence-corrected chi connectivity index (χ0v) is 18.0. The second kappa shape index (κ2) is 9.50. The van der Waals surface area contributed by atoms with E-state index in [-0.39, 0.29) is 11.1 Å². The molecule has 156 valence electrons. The van der Waals surface area contributed by atoms with E-state index in [1.54, 1.807) is 35.4 Å². The van der Waals surface area contributed by atoms with Gasteiger partial charge in [0.25, 0.3) is 5.56 Å². The van der Waals surface area contributed by atoms with E-state index in [4.69, 9.17) is 27.9 Å². The molecule has 1 aromatic heterocycles. The highest BCUT2D eigenvalue weighted by molar-refractivity contribution is 6.33. The lowest BCUT2D eigenvalue weighted by molar-refractivity contribution is 0.0943. The Morgan fingerprint density at radius 1 is 1.14 bits per heavy atom. The lowest BCUT2D eigenvalue weighted by atomic mass is 10.2. The standard InChI is InChI=1S/C20H24Cl2N4O3/c1-14(2)13-29-20(28)25-9-3-8-24(10-11-25)17-12-23-26(19(27)18(17)22)16-6-4-15(21)5-7-16/h4-7,12,14H,3,8-11,13H2,1-2H3. The van der Waals surface area contributed by atoms with Crippen molar-refractivity contribution < 1.29 is 9.53 Å². The fourth-order valence-corrected chi connectivity index (χ4v) is 3.46. The van der Waals surface area contributed by atoms with E-state index >= 15 is 0 Å². The van der Waals surface area contributed by atoms with Crippen molar-refractivity contribution in [2.75, 3.05) is 37.7 Å². The molecule has 7 nitrogen and oxygen atoms in total. The molecule has 0 unspecified atom stereocenters. The summed E-state index contributed by atoms with van der Waals surface area (Å²) >= 11 is 12.3. The molecule has 2 heterocycles. The third-order valence-electron chi connectivity index (χ3n) is 4.61. The maximum absolute atomic E-state index is 12.7. The molecule has 0 radical (unpaired) electrons. The first-order valence-corrected chi connectivity index (χ1v) is 10.3. The summed E-state index contributed by atoms with van der Waals surface area (Å²) in [5, 5.41) is 4.95. The molecule has 0 N–H and O–H groups in total. The maximum atomic E-state index is 12.7. The van der Waals surface area contributed by atoms with Crippen molar-refractivity contribution in [2.24, 2.45) is 5.92 Å². The van der Waals surface area contributed by atoms with Crippen LogP contribution in [0.5, 0.6) is 0 Å². The predicted octanol–water partition coefficient (Wildman–Crippen LogP) is 3.84. The number of amides is 1. The molecule has 1 aliphatic rings. The van der Waals surface area contributed by atoms with E-state index in [2.05, 4.69) is 5.10 Å². The Morgan fingerprint density at radius 3 is 2.55 bits per heavy atom. The number of aromatic nitrogens is 2. The van der Waals surface area contributed by atoms with Crippen LogP contribution < -0.4 is 10.5 Å². The summed E-state index contributed by atoms with van der Waals surface area (Å²) in [4.78, 5) is 28.7. The number of hydrogen-bond acceptors (Lipinski definition) is 5. The molecule has 29 heavy (non-hydrogen) atoms. The zero-order valence-electron chi connectivity index (χ0n) is 16.5. The number of nitrogens with zero attached hydrogens (tertiary/aromatic N) is 4. The molecule has 0 saturated carbocycles. The van der Waals surface area contributed by atoms with Gasteiger partial charge >= 0.3 is 6.09 Å². The lowest BCUT2D eigenvalue weighted by Gasteiger charge is -2.24. The fraction of sp³-hybridized carbons (Fsp3) is 0.450. The van der Waals surface area contributed by atoms with Crippen LogP contribution in [0.15, 0.2) is 35.3 Å². The molecule has 1 saturated heterocycles. The smallest absolute Gasteiger partial charge is 0.409 e. The normalized spacial score (nSPS) is 14.8. The number of halogens is 2. The van der Waals surface area contributed by atoms with Gasteiger partial charge in [0.2, 0.25) is 0 Å². The van der Waals surface area contributed by atoms with Crippen LogP contribution in [-0.2, 0) is 4.74 Å². The fourth-order valence-electron chi connectivity index (χ4n) is 3.08. The van der Waals surface area contributed by atoms with E-state index < -0.39 is 5.56 Å². The van der Waals surface area contributed by atoms with E-state index in [1.165, 1.54) is 4.68 Å². The van der Waals surface area contributed by atoms with Crippen LogP contribution in [0.4, 0.5) is 10.5 Å². The summed E-state index contributed by atoms with van der Waals surface area (Å²) in [6, 6.07) is 6.79. The second-order valence-corrected chi connectivity index (χ2v) is 8.15. The molecule has 0 aliphatic carbocycles. The van der Waals surface area contributed by atoms with Gasteiger partial charge in [-0.1, -0.05) is 37.0 Å². The highest BCUT2D eigenvalue weighted by Gasteiger charge is 2.23. The van der Waals surface area contributed by atoms with Gasteiger partial charge in [-0.2, -0.15) is 9.78 Å². The maximum Gasteiger partial charge on any atom is 0.409 e. The van der Waals surface area contributed by atoms with Gasteiger partial charge in [-0.15, -0.1) is 0 Å². The predicted molar refractivity (Wildman–Crippen MR) is 114 cm³/mol. The van der Waals surface area contributed by atoms with Crippen molar-refractivity contribution in [1.82, 2.24) is 14.7 Å². The average molecular weight is 439 g/mol. The molecule has 0 bridgehead atoms. The molecule has 1 amide bonds. The van der Waals surface area contributed by atoms with Crippen LogP contribution in [0.2, 0.25) is 10.0 Å². The molecule has 1 fully saturated rings. The van der Waals surface area contributed by atoms with Gasteiger partial charge in [-0.05, 0) is 36.6 Å². The molecular formula is C20H24Cl2N4O3. The summed E-state index contributed by atoms with van der Waals surface area (Å²) in [6.45, 7) is 6.70. The lowest BCUT2D eigenvalue weighted by Crippen LogP contribution is -2.36.